The van der Waals surface area contributed by atoms with Crippen LogP contribution in [0.25, 0.3) is 10.9 Å². The second-order valence-electron chi connectivity index (χ2n) is 4.60. The van der Waals surface area contributed by atoms with Crippen molar-refractivity contribution in [3.05, 3.63) is 35.5 Å². The van der Waals surface area contributed by atoms with Gasteiger partial charge in [0, 0.05) is 23.0 Å². The Bertz CT molecular complexity index is 560. The number of rotatable bonds is 1. The fraction of sp³-hybridized carbons (Fsp3) is 0.357. The lowest BCUT2D eigenvalue weighted by Crippen LogP contribution is -2.12. The predicted molar refractivity (Wildman–Crippen MR) is 64.0 cm³/mol. The van der Waals surface area contributed by atoms with E-state index in [2.05, 4.69) is 35.3 Å². The second-order valence-corrected chi connectivity index (χ2v) is 4.60. The van der Waals surface area contributed by atoms with Gasteiger partial charge in [0.15, 0.2) is 0 Å². The Hall–Kier alpha value is -1.75. The summed E-state index contributed by atoms with van der Waals surface area (Å²) in [5, 5.41) is 10.1. The smallest absolute Gasteiger partial charge is 0.0624 e. The molecule has 1 heterocycles. The molecular weight excluding hydrogens is 196 g/mol. The number of nitriles is 1. The van der Waals surface area contributed by atoms with Crippen LogP contribution in [-0.4, -0.2) is 4.98 Å². The van der Waals surface area contributed by atoms with Crippen molar-refractivity contribution in [1.29, 1.82) is 5.26 Å². The van der Waals surface area contributed by atoms with Crippen LogP contribution >= 0.6 is 0 Å². The lowest BCUT2D eigenvalue weighted by molar-refractivity contribution is 0.467. The molecule has 1 aliphatic rings. The van der Waals surface area contributed by atoms with Gasteiger partial charge in [-0.25, -0.2) is 0 Å². The number of nitrogens with one attached hydrogen (secondary N) is 1. The zero-order valence-electron chi connectivity index (χ0n) is 9.16. The summed E-state index contributed by atoms with van der Waals surface area (Å²) in [6.45, 7) is 0. The maximum atomic E-state index is 8.77. The molecule has 3 rings (SSSR count). The van der Waals surface area contributed by atoms with Crippen LogP contribution in [0.15, 0.2) is 24.3 Å². The van der Waals surface area contributed by atoms with E-state index >= 15 is 0 Å². The van der Waals surface area contributed by atoms with Gasteiger partial charge < -0.3 is 4.98 Å². The standard InChI is InChI=1S/C14H14N2/c15-8-7-10-5-6-14-12(9-10)11-3-1-2-4-13(11)16-14/h1-4,10,16H,5-7,9H2. The van der Waals surface area contributed by atoms with Crippen LogP contribution in [-0.2, 0) is 12.8 Å². The second kappa shape index (κ2) is 3.68. The van der Waals surface area contributed by atoms with E-state index in [4.69, 9.17) is 5.26 Å². The summed E-state index contributed by atoms with van der Waals surface area (Å²) in [6.07, 6.45) is 4.00. The Balaban J connectivity index is 2.05. The molecule has 16 heavy (non-hydrogen) atoms. The van der Waals surface area contributed by atoms with Crippen LogP contribution in [0, 0.1) is 17.2 Å². The van der Waals surface area contributed by atoms with Gasteiger partial charge in [-0.05, 0) is 36.8 Å². The third-order valence-electron chi connectivity index (χ3n) is 3.58. The average Bonchev–Trinajstić information content (AvgIpc) is 2.68. The molecule has 1 aromatic heterocycles. The number of aromatic amines is 1. The normalized spacial score (nSPS) is 19.3. The first-order valence-electron chi connectivity index (χ1n) is 5.84. The highest BCUT2D eigenvalue weighted by Crippen LogP contribution is 2.32. The Labute approximate surface area is 94.9 Å². The number of para-hydroxylation sites is 1. The van der Waals surface area contributed by atoms with Gasteiger partial charge in [0.1, 0.15) is 0 Å². The summed E-state index contributed by atoms with van der Waals surface area (Å²) < 4.78 is 0. The van der Waals surface area contributed by atoms with Crippen LogP contribution in [0.3, 0.4) is 0 Å². The fourth-order valence-corrected chi connectivity index (χ4v) is 2.74. The van der Waals surface area contributed by atoms with Crippen molar-refractivity contribution >= 4 is 10.9 Å². The lowest BCUT2D eigenvalue weighted by Gasteiger charge is -2.19. The number of aryl methyl sites for hydroxylation is 1. The molecule has 0 spiro atoms. The number of aromatic nitrogens is 1. The molecule has 0 saturated heterocycles. The number of fused-ring (bicyclic) bond motifs is 3. The van der Waals surface area contributed by atoms with Gasteiger partial charge in [0.25, 0.3) is 0 Å². The van der Waals surface area contributed by atoms with E-state index in [9.17, 15) is 0 Å². The first kappa shape index (κ1) is 9.47. The number of benzene rings is 1. The van der Waals surface area contributed by atoms with Gasteiger partial charge in [-0.3, -0.25) is 0 Å². The number of hydrogen-bond donors (Lipinski definition) is 1. The van der Waals surface area contributed by atoms with Crippen molar-refractivity contribution in [2.75, 3.05) is 0 Å². The lowest BCUT2D eigenvalue weighted by atomic mass is 9.85. The quantitative estimate of drug-likeness (QED) is 0.771. The molecule has 2 nitrogen and oxygen atoms in total. The molecule has 0 radical (unpaired) electrons. The molecule has 0 bridgehead atoms. The predicted octanol–water partition coefficient (Wildman–Crippen LogP) is 3.19. The van der Waals surface area contributed by atoms with E-state index in [1.165, 1.54) is 22.2 Å². The molecule has 0 saturated carbocycles. The summed E-state index contributed by atoms with van der Waals surface area (Å²) in [5.74, 6) is 0.553. The van der Waals surface area contributed by atoms with Crippen molar-refractivity contribution in [3.8, 4) is 6.07 Å². The summed E-state index contributed by atoms with van der Waals surface area (Å²) in [4.78, 5) is 3.50. The third kappa shape index (κ3) is 1.40. The maximum Gasteiger partial charge on any atom is 0.0624 e. The zero-order chi connectivity index (χ0) is 11.0. The molecule has 2 aromatic rings. The zero-order valence-corrected chi connectivity index (χ0v) is 9.16. The van der Waals surface area contributed by atoms with Gasteiger partial charge in [-0.2, -0.15) is 5.26 Å². The number of hydrogen-bond acceptors (Lipinski definition) is 1. The maximum absolute atomic E-state index is 8.77. The topological polar surface area (TPSA) is 39.6 Å². The SMILES string of the molecule is N#CCC1CCc2[nH]c3ccccc3c2C1. The van der Waals surface area contributed by atoms with Crippen LogP contribution in [0.5, 0.6) is 0 Å². The molecule has 2 heteroatoms. The minimum atomic E-state index is 0.553. The molecule has 1 atom stereocenters. The molecular formula is C14H14N2. The highest BCUT2D eigenvalue weighted by Gasteiger charge is 2.21. The first-order valence-corrected chi connectivity index (χ1v) is 5.84. The van der Waals surface area contributed by atoms with Gasteiger partial charge >= 0.3 is 0 Å². The van der Waals surface area contributed by atoms with Crippen LogP contribution in [0.2, 0.25) is 0 Å². The summed E-state index contributed by atoms with van der Waals surface area (Å²) in [6, 6.07) is 10.8. The molecule has 0 aliphatic heterocycles. The Morgan fingerprint density at radius 3 is 3.12 bits per heavy atom. The van der Waals surface area contributed by atoms with E-state index < -0.39 is 0 Å². The summed E-state index contributed by atoms with van der Waals surface area (Å²) in [7, 11) is 0. The van der Waals surface area contributed by atoms with Crippen molar-refractivity contribution < 1.29 is 0 Å². The van der Waals surface area contributed by atoms with Crippen molar-refractivity contribution in [2.24, 2.45) is 5.92 Å². The van der Waals surface area contributed by atoms with Crippen molar-refractivity contribution in [1.82, 2.24) is 4.98 Å². The van der Waals surface area contributed by atoms with Gasteiger partial charge in [0.05, 0.1) is 6.07 Å². The van der Waals surface area contributed by atoms with Crippen LogP contribution < -0.4 is 0 Å². The Morgan fingerprint density at radius 1 is 1.38 bits per heavy atom. The average molecular weight is 210 g/mol. The highest BCUT2D eigenvalue weighted by atomic mass is 14.7. The Kier molecular flexibility index (Phi) is 2.18. The molecule has 0 fully saturated rings. The molecule has 1 N–H and O–H groups in total. The molecule has 1 unspecified atom stereocenters. The van der Waals surface area contributed by atoms with Crippen molar-refractivity contribution in [3.63, 3.8) is 0 Å². The van der Waals surface area contributed by atoms with E-state index in [-0.39, 0.29) is 0 Å². The molecule has 1 aromatic carbocycles. The molecule has 1 aliphatic carbocycles. The molecule has 80 valence electrons. The largest absolute Gasteiger partial charge is 0.358 e. The number of nitrogens with zero attached hydrogens (tertiary/aromatic N) is 1. The van der Waals surface area contributed by atoms with E-state index in [1.807, 2.05) is 0 Å². The third-order valence-corrected chi connectivity index (χ3v) is 3.58. The van der Waals surface area contributed by atoms with Crippen LogP contribution in [0.1, 0.15) is 24.1 Å². The summed E-state index contributed by atoms with van der Waals surface area (Å²) in [5.41, 5.74) is 4.07. The van der Waals surface area contributed by atoms with E-state index in [0.29, 0.717) is 12.3 Å². The van der Waals surface area contributed by atoms with Crippen LogP contribution in [0.4, 0.5) is 0 Å². The fourth-order valence-electron chi connectivity index (χ4n) is 2.74. The monoisotopic (exact) mass is 210 g/mol. The van der Waals surface area contributed by atoms with E-state index in [1.54, 1.807) is 0 Å². The Morgan fingerprint density at radius 2 is 2.25 bits per heavy atom. The van der Waals surface area contributed by atoms with Gasteiger partial charge in [-0.15, -0.1) is 0 Å². The minimum absolute atomic E-state index is 0.553. The van der Waals surface area contributed by atoms with Gasteiger partial charge in [0.2, 0.25) is 0 Å². The van der Waals surface area contributed by atoms with Crippen molar-refractivity contribution in [2.45, 2.75) is 25.7 Å². The minimum Gasteiger partial charge on any atom is -0.358 e. The number of H-pyrrole nitrogens is 1. The highest BCUT2D eigenvalue weighted by molar-refractivity contribution is 5.84. The van der Waals surface area contributed by atoms with Gasteiger partial charge in [-0.1, -0.05) is 18.2 Å². The summed E-state index contributed by atoms with van der Waals surface area (Å²) >= 11 is 0. The van der Waals surface area contributed by atoms with E-state index in [0.717, 1.165) is 19.3 Å². The first-order chi connectivity index (χ1) is 7.88. The molecule has 0 amide bonds.